The Kier molecular flexibility index (Phi) is 2.97. The molecule has 1 aromatic rings. The van der Waals surface area contributed by atoms with Crippen molar-refractivity contribution in [2.45, 2.75) is 12.5 Å². The van der Waals surface area contributed by atoms with E-state index in [1.807, 2.05) is 12.1 Å². The van der Waals surface area contributed by atoms with Gasteiger partial charge in [-0.1, -0.05) is 0 Å². The Morgan fingerprint density at radius 1 is 1.56 bits per heavy atom. The fraction of sp³-hybridized carbons (Fsp3) is 0.417. The van der Waals surface area contributed by atoms with Crippen LogP contribution < -0.4 is 11.1 Å². The van der Waals surface area contributed by atoms with Crippen LogP contribution in [0.25, 0.3) is 0 Å². The van der Waals surface area contributed by atoms with E-state index in [-0.39, 0.29) is 0 Å². The summed E-state index contributed by atoms with van der Waals surface area (Å²) in [6.45, 7) is 2.18. The van der Waals surface area contributed by atoms with E-state index in [1.54, 1.807) is 6.07 Å². The molecule has 4 nitrogen and oxygen atoms in total. The molecular formula is C12H16N4. The maximum absolute atomic E-state index is 8.77. The fourth-order valence-corrected chi connectivity index (χ4v) is 2.04. The number of nitriles is 1. The van der Waals surface area contributed by atoms with Crippen molar-refractivity contribution in [3.05, 3.63) is 23.8 Å². The van der Waals surface area contributed by atoms with E-state index in [0.29, 0.717) is 17.3 Å². The summed E-state index contributed by atoms with van der Waals surface area (Å²) in [4.78, 5) is 2.30. The number of nitrogens with one attached hydrogen (secondary N) is 1. The predicted octanol–water partition coefficient (Wildman–Crippen LogP) is 1.26. The quantitative estimate of drug-likeness (QED) is 0.730. The number of nitrogen functional groups attached to an aromatic ring is 1. The van der Waals surface area contributed by atoms with Gasteiger partial charge in [-0.25, -0.2) is 0 Å². The van der Waals surface area contributed by atoms with Gasteiger partial charge in [-0.2, -0.15) is 5.26 Å². The Hall–Kier alpha value is -1.73. The van der Waals surface area contributed by atoms with Crippen LogP contribution in [0.2, 0.25) is 0 Å². The van der Waals surface area contributed by atoms with E-state index < -0.39 is 0 Å². The van der Waals surface area contributed by atoms with Gasteiger partial charge in [-0.05, 0) is 38.2 Å². The summed E-state index contributed by atoms with van der Waals surface area (Å²) in [6.07, 6.45) is 1.15. The first kappa shape index (κ1) is 10.8. The Morgan fingerprint density at radius 2 is 2.38 bits per heavy atom. The van der Waals surface area contributed by atoms with Crippen molar-refractivity contribution in [3.63, 3.8) is 0 Å². The lowest BCUT2D eigenvalue weighted by Gasteiger charge is -2.14. The molecule has 0 amide bonds. The van der Waals surface area contributed by atoms with Gasteiger partial charge in [0.05, 0.1) is 11.3 Å². The summed E-state index contributed by atoms with van der Waals surface area (Å²) in [7, 11) is 2.12. The summed E-state index contributed by atoms with van der Waals surface area (Å²) in [5.41, 5.74) is 7.83. The second kappa shape index (κ2) is 4.42. The van der Waals surface area contributed by atoms with E-state index in [1.165, 1.54) is 0 Å². The third kappa shape index (κ3) is 2.26. The van der Waals surface area contributed by atoms with Crippen LogP contribution >= 0.6 is 0 Å². The smallest absolute Gasteiger partial charge is 0.101 e. The number of hydrogen-bond donors (Lipinski definition) is 2. The van der Waals surface area contributed by atoms with Gasteiger partial charge in [0.15, 0.2) is 0 Å². The molecule has 1 saturated heterocycles. The van der Waals surface area contributed by atoms with E-state index >= 15 is 0 Å². The molecule has 4 heteroatoms. The van der Waals surface area contributed by atoms with Gasteiger partial charge < -0.3 is 16.0 Å². The van der Waals surface area contributed by atoms with E-state index in [2.05, 4.69) is 23.3 Å². The molecule has 16 heavy (non-hydrogen) atoms. The highest BCUT2D eigenvalue weighted by Gasteiger charge is 2.18. The van der Waals surface area contributed by atoms with Gasteiger partial charge in [-0.3, -0.25) is 0 Å². The first-order chi connectivity index (χ1) is 7.69. The molecule has 1 unspecified atom stereocenters. The number of nitrogens with zero attached hydrogens (tertiary/aromatic N) is 2. The van der Waals surface area contributed by atoms with Crippen LogP contribution in [-0.2, 0) is 0 Å². The second-order valence-electron chi connectivity index (χ2n) is 4.31. The molecule has 1 fully saturated rings. The number of rotatable bonds is 2. The molecule has 0 saturated carbocycles. The molecule has 1 aromatic carbocycles. The van der Waals surface area contributed by atoms with Gasteiger partial charge in [0, 0.05) is 18.3 Å². The van der Waals surface area contributed by atoms with Crippen molar-refractivity contribution < 1.29 is 0 Å². The summed E-state index contributed by atoms with van der Waals surface area (Å²) in [5, 5.41) is 12.2. The summed E-state index contributed by atoms with van der Waals surface area (Å²) in [5.74, 6) is 0. The minimum absolute atomic E-state index is 0.484. The third-order valence-electron chi connectivity index (χ3n) is 2.93. The molecule has 0 aliphatic carbocycles. The monoisotopic (exact) mass is 216 g/mol. The molecule has 0 bridgehead atoms. The Bertz CT molecular complexity index is 422. The zero-order valence-electron chi connectivity index (χ0n) is 9.40. The zero-order chi connectivity index (χ0) is 11.5. The van der Waals surface area contributed by atoms with E-state index in [0.717, 1.165) is 25.2 Å². The average molecular weight is 216 g/mol. The molecule has 1 aliphatic rings. The first-order valence-electron chi connectivity index (χ1n) is 5.44. The molecule has 1 heterocycles. The van der Waals surface area contributed by atoms with Crippen LogP contribution in [0.15, 0.2) is 18.2 Å². The molecule has 2 rings (SSSR count). The number of nitrogens with two attached hydrogens (primary N) is 1. The second-order valence-corrected chi connectivity index (χ2v) is 4.31. The van der Waals surface area contributed by atoms with Crippen LogP contribution in [0.3, 0.4) is 0 Å². The van der Waals surface area contributed by atoms with Gasteiger partial charge in [0.1, 0.15) is 6.07 Å². The Morgan fingerprint density at radius 3 is 2.94 bits per heavy atom. The highest BCUT2D eigenvalue weighted by atomic mass is 15.2. The molecule has 0 aromatic heterocycles. The van der Waals surface area contributed by atoms with Crippen LogP contribution in [0.5, 0.6) is 0 Å². The largest absolute Gasteiger partial charge is 0.398 e. The van der Waals surface area contributed by atoms with Crippen molar-refractivity contribution in [2.24, 2.45) is 0 Å². The number of likely N-dealkylation sites (tertiary alicyclic amines) is 1. The van der Waals surface area contributed by atoms with Gasteiger partial charge in [-0.15, -0.1) is 0 Å². The van der Waals surface area contributed by atoms with Crippen molar-refractivity contribution in [1.82, 2.24) is 4.90 Å². The highest BCUT2D eigenvalue weighted by molar-refractivity contribution is 5.62. The van der Waals surface area contributed by atoms with Crippen LogP contribution in [0, 0.1) is 11.3 Å². The topological polar surface area (TPSA) is 65.1 Å². The van der Waals surface area contributed by atoms with Crippen molar-refractivity contribution in [2.75, 3.05) is 31.2 Å². The maximum atomic E-state index is 8.77. The summed E-state index contributed by atoms with van der Waals surface area (Å²) in [6, 6.07) is 8.05. The fourth-order valence-electron chi connectivity index (χ4n) is 2.04. The molecular weight excluding hydrogens is 200 g/mol. The average Bonchev–Trinajstić information content (AvgIpc) is 2.64. The Balaban J connectivity index is 2.05. The molecule has 1 aliphatic heterocycles. The Labute approximate surface area is 95.7 Å². The van der Waals surface area contributed by atoms with Crippen LogP contribution in [-0.4, -0.2) is 31.1 Å². The van der Waals surface area contributed by atoms with Crippen LogP contribution in [0.1, 0.15) is 12.0 Å². The zero-order valence-corrected chi connectivity index (χ0v) is 9.40. The minimum Gasteiger partial charge on any atom is -0.398 e. The van der Waals surface area contributed by atoms with Gasteiger partial charge in [0.25, 0.3) is 0 Å². The molecule has 0 radical (unpaired) electrons. The van der Waals surface area contributed by atoms with Crippen LogP contribution in [0.4, 0.5) is 11.4 Å². The minimum atomic E-state index is 0.484. The van der Waals surface area contributed by atoms with Gasteiger partial charge >= 0.3 is 0 Å². The third-order valence-corrected chi connectivity index (χ3v) is 2.93. The number of anilines is 2. The van der Waals surface area contributed by atoms with Crippen molar-refractivity contribution in [3.8, 4) is 6.07 Å². The number of benzene rings is 1. The predicted molar refractivity (Wildman–Crippen MR) is 65.1 cm³/mol. The van der Waals surface area contributed by atoms with Crippen molar-refractivity contribution in [1.29, 1.82) is 5.26 Å². The lowest BCUT2D eigenvalue weighted by atomic mass is 10.1. The summed E-state index contributed by atoms with van der Waals surface area (Å²) >= 11 is 0. The maximum Gasteiger partial charge on any atom is 0.101 e. The molecule has 0 spiro atoms. The number of hydrogen-bond acceptors (Lipinski definition) is 4. The summed E-state index contributed by atoms with van der Waals surface area (Å²) < 4.78 is 0. The first-order valence-corrected chi connectivity index (χ1v) is 5.44. The molecule has 84 valence electrons. The van der Waals surface area contributed by atoms with E-state index in [9.17, 15) is 0 Å². The number of likely N-dealkylation sites (N-methyl/N-ethyl adjacent to an activating group) is 1. The normalized spacial score (nSPS) is 20.6. The standard InChI is InChI=1S/C12H16N4/c1-16-5-4-11(8-16)15-10-3-2-9(7-13)12(14)6-10/h2-3,6,11,15H,4-5,8,14H2,1H3. The van der Waals surface area contributed by atoms with E-state index in [4.69, 9.17) is 11.0 Å². The van der Waals surface area contributed by atoms with Gasteiger partial charge in [0.2, 0.25) is 0 Å². The molecule has 3 N–H and O–H groups in total. The van der Waals surface area contributed by atoms with Crippen molar-refractivity contribution >= 4 is 11.4 Å². The lowest BCUT2D eigenvalue weighted by molar-refractivity contribution is 0.414. The SMILES string of the molecule is CN1CCC(Nc2ccc(C#N)c(N)c2)C1. The highest BCUT2D eigenvalue weighted by Crippen LogP contribution is 2.20. The molecule has 1 atom stereocenters. The lowest BCUT2D eigenvalue weighted by Crippen LogP contribution is -2.23.